The highest BCUT2D eigenvalue weighted by atomic mass is 32.2. The number of rotatable bonds is 4. The average Bonchev–Trinajstić information content (AvgIpc) is 2.84. The molecule has 0 aliphatic heterocycles. The molecule has 0 atom stereocenters. The van der Waals surface area contributed by atoms with Crippen LogP contribution in [0.1, 0.15) is 16.1 Å². The molecule has 112 valence electrons. The van der Waals surface area contributed by atoms with Crippen LogP contribution in [0.5, 0.6) is 0 Å². The number of carbonyl (C=O) groups is 1. The van der Waals surface area contributed by atoms with Crippen LogP contribution >= 0.6 is 0 Å². The first-order valence-electron chi connectivity index (χ1n) is 5.76. The Morgan fingerprint density at radius 2 is 1.90 bits per heavy atom. The van der Waals surface area contributed by atoms with Gasteiger partial charge in [-0.05, 0) is 31.2 Å². The number of hydrogen-bond donors (Lipinski definition) is 2. The Morgan fingerprint density at radius 3 is 2.38 bits per heavy atom. The van der Waals surface area contributed by atoms with Crippen molar-refractivity contribution in [1.82, 2.24) is 10.2 Å². The number of halogens is 2. The monoisotopic (exact) mass is 315 g/mol. The maximum atomic E-state index is 12.4. The van der Waals surface area contributed by atoms with Gasteiger partial charge in [0.25, 0.3) is 5.91 Å². The molecule has 21 heavy (non-hydrogen) atoms. The molecular weight excluding hydrogens is 304 g/mol. The van der Waals surface area contributed by atoms with Gasteiger partial charge in [-0.2, -0.15) is 13.9 Å². The van der Waals surface area contributed by atoms with Crippen molar-refractivity contribution in [3.05, 3.63) is 41.6 Å². The molecule has 9 heteroatoms. The first-order chi connectivity index (χ1) is 9.80. The van der Waals surface area contributed by atoms with Gasteiger partial charge in [-0.3, -0.25) is 9.89 Å². The second kappa shape index (κ2) is 5.60. The molecule has 1 amide bonds. The molecule has 0 unspecified atom stereocenters. The number of benzene rings is 1. The van der Waals surface area contributed by atoms with Crippen LogP contribution < -0.4 is 5.32 Å². The second-order valence-electron chi connectivity index (χ2n) is 4.22. The molecule has 0 radical (unpaired) electrons. The van der Waals surface area contributed by atoms with Crippen molar-refractivity contribution in [1.29, 1.82) is 0 Å². The molecule has 0 spiro atoms. The van der Waals surface area contributed by atoms with Gasteiger partial charge in [0, 0.05) is 17.3 Å². The molecule has 1 heterocycles. The minimum absolute atomic E-state index is 0.129. The van der Waals surface area contributed by atoms with E-state index in [1.165, 1.54) is 0 Å². The Bertz CT molecular complexity index is 754. The summed E-state index contributed by atoms with van der Waals surface area (Å²) in [6.07, 6.45) is 0. The largest absolute Gasteiger partial charge is 0.341 e. The molecule has 1 aromatic carbocycles. The highest BCUT2D eigenvalue weighted by Crippen LogP contribution is 2.19. The van der Waals surface area contributed by atoms with Gasteiger partial charge in [-0.25, -0.2) is 8.42 Å². The summed E-state index contributed by atoms with van der Waals surface area (Å²) in [7, 11) is -4.66. The van der Waals surface area contributed by atoms with Crippen molar-refractivity contribution in [2.45, 2.75) is 17.6 Å². The summed E-state index contributed by atoms with van der Waals surface area (Å²) in [4.78, 5) is 11.3. The normalized spacial score (nSPS) is 11.6. The van der Waals surface area contributed by atoms with Crippen molar-refractivity contribution in [2.24, 2.45) is 0 Å². The van der Waals surface area contributed by atoms with Crippen LogP contribution in [0.15, 0.2) is 35.2 Å². The number of sulfone groups is 1. The summed E-state index contributed by atoms with van der Waals surface area (Å²) in [5, 5.41) is 8.93. The van der Waals surface area contributed by atoms with E-state index in [1.807, 2.05) is 0 Å². The predicted molar refractivity (Wildman–Crippen MR) is 70.9 cm³/mol. The van der Waals surface area contributed by atoms with Gasteiger partial charge in [-0.15, -0.1) is 0 Å². The first kappa shape index (κ1) is 15.1. The van der Waals surface area contributed by atoms with Crippen molar-refractivity contribution in [3.63, 3.8) is 0 Å². The zero-order valence-electron chi connectivity index (χ0n) is 10.8. The SMILES string of the molecule is Cc1cc(NC(=O)c2ccc(S(=O)(=O)C(F)F)cc2)n[nH]1. The zero-order valence-corrected chi connectivity index (χ0v) is 11.6. The molecule has 0 aliphatic rings. The van der Waals surface area contributed by atoms with E-state index in [1.54, 1.807) is 13.0 Å². The van der Waals surface area contributed by atoms with E-state index in [2.05, 4.69) is 15.5 Å². The summed E-state index contributed by atoms with van der Waals surface area (Å²) < 4.78 is 47.2. The van der Waals surface area contributed by atoms with Gasteiger partial charge in [-0.1, -0.05) is 0 Å². The Labute approximate surface area is 119 Å². The summed E-state index contributed by atoms with van der Waals surface area (Å²) >= 11 is 0. The van der Waals surface area contributed by atoms with Gasteiger partial charge in [0.1, 0.15) is 0 Å². The van der Waals surface area contributed by atoms with Crippen LogP contribution in [0.25, 0.3) is 0 Å². The molecule has 2 rings (SSSR count). The number of aryl methyl sites for hydroxylation is 1. The van der Waals surface area contributed by atoms with Crippen molar-refractivity contribution in [2.75, 3.05) is 5.32 Å². The van der Waals surface area contributed by atoms with Crippen molar-refractivity contribution in [3.8, 4) is 0 Å². The van der Waals surface area contributed by atoms with E-state index >= 15 is 0 Å². The minimum Gasteiger partial charge on any atom is -0.305 e. The number of amides is 1. The van der Waals surface area contributed by atoms with Crippen molar-refractivity contribution >= 4 is 21.6 Å². The zero-order chi connectivity index (χ0) is 15.6. The molecule has 2 aromatic rings. The molecule has 0 saturated carbocycles. The molecule has 0 fully saturated rings. The number of aromatic amines is 1. The quantitative estimate of drug-likeness (QED) is 0.902. The topological polar surface area (TPSA) is 91.9 Å². The lowest BCUT2D eigenvalue weighted by Crippen LogP contribution is -2.14. The van der Waals surface area contributed by atoms with Crippen LogP contribution in [0.4, 0.5) is 14.6 Å². The van der Waals surface area contributed by atoms with Crippen molar-refractivity contribution < 1.29 is 22.0 Å². The lowest BCUT2D eigenvalue weighted by Gasteiger charge is -2.05. The number of hydrogen-bond acceptors (Lipinski definition) is 4. The van der Waals surface area contributed by atoms with E-state index in [-0.39, 0.29) is 5.56 Å². The standard InChI is InChI=1S/C12H11F2N3O3S/c1-7-6-10(17-16-7)15-11(18)8-2-4-9(5-3-8)21(19,20)12(13)14/h2-6,12H,1H3,(H2,15,16,17,18). The lowest BCUT2D eigenvalue weighted by molar-refractivity contribution is 0.102. The predicted octanol–water partition coefficient (Wildman–Crippen LogP) is 1.97. The number of carbonyl (C=O) groups excluding carboxylic acids is 1. The highest BCUT2D eigenvalue weighted by molar-refractivity contribution is 7.91. The van der Waals surface area contributed by atoms with E-state index in [4.69, 9.17) is 0 Å². The van der Waals surface area contributed by atoms with Gasteiger partial charge in [0.05, 0.1) is 4.90 Å². The maximum absolute atomic E-state index is 12.4. The van der Waals surface area contributed by atoms with Gasteiger partial charge in [0.2, 0.25) is 9.84 Å². The third-order valence-corrected chi connectivity index (χ3v) is 4.03. The summed E-state index contributed by atoms with van der Waals surface area (Å²) in [5.41, 5.74) is 0.882. The first-order valence-corrected chi connectivity index (χ1v) is 7.31. The molecule has 0 aliphatic carbocycles. The number of nitrogens with one attached hydrogen (secondary N) is 2. The average molecular weight is 315 g/mol. The Hall–Kier alpha value is -2.29. The van der Waals surface area contributed by atoms with E-state index < -0.39 is 26.4 Å². The van der Waals surface area contributed by atoms with Crippen LogP contribution in [0.3, 0.4) is 0 Å². The molecule has 6 nitrogen and oxygen atoms in total. The van der Waals surface area contributed by atoms with Crippen LogP contribution in [-0.4, -0.2) is 30.3 Å². The fourth-order valence-corrected chi connectivity index (χ4v) is 2.29. The Balaban J connectivity index is 2.17. The fourth-order valence-electron chi connectivity index (χ4n) is 1.57. The van der Waals surface area contributed by atoms with Gasteiger partial charge in [0.15, 0.2) is 5.82 Å². The summed E-state index contributed by atoms with van der Waals surface area (Å²) in [6.45, 7) is 1.76. The number of anilines is 1. The molecule has 1 aromatic heterocycles. The molecule has 2 N–H and O–H groups in total. The smallest absolute Gasteiger partial charge is 0.305 e. The van der Waals surface area contributed by atoms with E-state index in [0.717, 1.165) is 30.0 Å². The Morgan fingerprint density at radius 1 is 1.29 bits per heavy atom. The lowest BCUT2D eigenvalue weighted by atomic mass is 10.2. The fraction of sp³-hybridized carbons (Fsp3) is 0.167. The van der Waals surface area contributed by atoms with Gasteiger partial charge >= 0.3 is 5.76 Å². The number of alkyl halides is 2. The second-order valence-corrected chi connectivity index (χ2v) is 6.14. The van der Waals surface area contributed by atoms with Crippen LogP contribution in [-0.2, 0) is 9.84 Å². The minimum atomic E-state index is -4.66. The highest BCUT2D eigenvalue weighted by Gasteiger charge is 2.26. The molecular formula is C12H11F2N3O3S. The van der Waals surface area contributed by atoms with Crippen LogP contribution in [0, 0.1) is 6.92 Å². The summed E-state index contributed by atoms with van der Waals surface area (Å²) in [6, 6.07) is 5.85. The number of H-pyrrole nitrogens is 1. The van der Waals surface area contributed by atoms with E-state index in [9.17, 15) is 22.0 Å². The molecule has 0 saturated heterocycles. The summed E-state index contributed by atoms with van der Waals surface area (Å²) in [5.74, 6) is -3.71. The molecule has 0 bridgehead atoms. The van der Waals surface area contributed by atoms with Crippen LogP contribution in [0.2, 0.25) is 0 Å². The third kappa shape index (κ3) is 3.24. The van der Waals surface area contributed by atoms with E-state index in [0.29, 0.717) is 5.82 Å². The third-order valence-electron chi connectivity index (χ3n) is 2.63. The number of nitrogens with zero attached hydrogens (tertiary/aromatic N) is 1. The Kier molecular flexibility index (Phi) is 4.03. The maximum Gasteiger partial charge on any atom is 0.341 e. The van der Waals surface area contributed by atoms with Gasteiger partial charge < -0.3 is 5.32 Å². The number of aromatic nitrogens is 2.